The van der Waals surface area contributed by atoms with E-state index in [0.717, 1.165) is 5.39 Å². The number of amides is 1. The van der Waals surface area contributed by atoms with Crippen LogP contribution < -0.4 is 4.74 Å². The molecule has 1 N–H and O–H groups in total. The monoisotopic (exact) mass is 549 g/mol. The first-order chi connectivity index (χ1) is 18.4. The average Bonchev–Trinajstić information content (AvgIpc) is 3.45. The van der Waals surface area contributed by atoms with Gasteiger partial charge in [0, 0.05) is 35.5 Å². The van der Waals surface area contributed by atoms with E-state index in [0.29, 0.717) is 22.4 Å². The number of carbonyl (C=O) groups is 2. The van der Waals surface area contributed by atoms with Gasteiger partial charge in [-0.05, 0) is 24.3 Å². The van der Waals surface area contributed by atoms with Crippen molar-refractivity contribution >= 4 is 22.8 Å². The molecular weight excluding hydrogens is 529 g/mol. The van der Waals surface area contributed by atoms with Crippen LogP contribution in [0.4, 0.5) is 22.0 Å². The number of benzene rings is 2. The van der Waals surface area contributed by atoms with Gasteiger partial charge in [-0.3, -0.25) is 4.79 Å². The lowest BCUT2D eigenvalue weighted by molar-refractivity contribution is -0.192. The van der Waals surface area contributed by atoms with Gasteiger partial charge in [0.2, 0.25) is 5.88 Å². The zero-order chi connectivity index (χ0) is 28.2. The number of piperidine rings is 1. The number of carboxylic acid groups (broad SMARTS) is 1. The number of fused-ring (bicyclic) bond motifs is 1. The van der Waals surface area contributed by atoms with E-state index >= 15 is 0 Å². The Hall–Kier alpha value is -4.55. The van der Waals surface area contributed by atoms with Gasteiger partial charge >= 0.3 is 12.1 Å². The minimum atomic E-state index is -5.08. The van der Waals surface area contributed by atoms with Crippen LogP contribution in [0.3, 0.4) is 0 Å². The fourth-order valence-electron chi connectivity index (χ4n) is 3.78. The maximum absolute atomic E-state index is 14.6. The molecule has 0 spiro atoms. The molecule has 2 aromatic carbocycles. The van der Waals surface area contributed by atoms with Gasteiger partial charge < -0.3 is 19.2 Å². The Morgan fingerprint density at radius 1 is 1.08 bits per heavy atom. The highest BCUT2D eigenvalue weighted by Gasteiger charge is 2.47. The summed E-state index contributed by atoms with van der Waals surface area (Å²) in [5, 5.41) is 8.01. The number of rotatable bonds is 4. The number of likely N-dealkylation sites (tertiary alicyclic amines) is 1. The molecule has 5 rings (SSSR count). The van der Waals surface area contributed by atoms with E-state index in [4.69, 9.17) is 19.1 Å². The normalized spacial score (nSPS) is 16.7. The van der Waals surface area contributed by atoms with Crippen LogP contribution in [-0.4, -0.2) is 63.1 Å². The lowest BCUT2D eigenvalue weighted by Crippen LogP contribution is -2.55. The lowest BCUT2D eigenvalue weighted by Gasteiger charge is -2.38. The van der Waals surface area contributed by atoms with Crippen LogP contribution in [0.2, 0.25) is 0 Å². The van der Waals surface area contributed by atoms with Crippen molar-refractivity contribution in [3.05, 3.63) is 78.8 Å². The lowest BCUT2D eigenvalue weighted by atomic mass is 10.0. The van der Waals surface area contributed by atoms with Gasteiger partial charge in [-0.2, -0.15) is 13.2 Å². The Balaban J connectivity index is 0.000000448. The van der Waals surface area contributed by atoms with Crippen LogP contribution in [0.1, 0.15) is 16.8 Å². The molecule has 1 unspecified atom stereocenters. The number of hydrogen-bond acceptors (Lipinski definition) is 6. The van der Waals surface area contributed by atoms with Crippen LogP contribution in [0.5, 0.6) is 5.88 Å². The largest absolute Gasteiger partial charge is 0.490 e. The first-order valence-corrected chi connectivity index (χ1v) is 11.4. The Morgan fingerprint density at radius 2 is 1.82 bits per heavy atom. The highest BCUT2D eigenvalue weighted by atomic mass is 19.4. The van der Waals surface area contributed by atoms with E-state index in [1.54, 1.807) is 48.7 Å². The summed E-state index contributed by atoms with van der Waals surface area (Å²) in [4.78, 5) is 31.6. The predicted molar refractivity (Wildman–Crippen MR) is 127 cm³/mol. The summed E-state index contributed by atoms with van der Waals surface area (Å²) in [7, 11) is 0. The van der Waals surface area contributed by atoms with Crippen molar-refractivity contribution in [1.82, 2.24) is 14.9 Å². The molecule has 1 fully saturated rings. The Kier molecular flexibility index (Phi) is 7.79. The third kappa shape index (κ3) is 6.67. The van der Waals surface area contributed by atoms with E-state index in [2.05, 4.69) is 9.97 Å². The van der Waals surface area contributed by atoms with Gasteiger partial charge in [0.25, 0.3) is 11.8 Å². The van der Waals surface area contributed by atoms with Crippen LogP contribution in [0.25, 0.3) is 22.2 Å². The van der Waals surface area contributed by atoms with Gasteiger partial charge in [0.15, 0.2) is 18.3 Å². The van der Waals surface area contributed by atoms with Crippen molar-refractivity contribution in [2.24, 2.45) is 0 Å². The summed E-state index contributed by atoms with van der Waals surface area (Å²) >= 11 is 0. The average molecular weight is 549 g/mol. The molecule has 1 atom stereocenters. The first kappa shape index (κ1) is 27.5. The number of aliphatic carboxylic acids is 1. The second kappa shape index (κ2) is 11.1. The number of oxazole rings is 1. The van der Waals surface area contributed by atoms with Gasteiger partial charge in [-0.15, -0.1) is 0 Å². The maximum Gasteiger partial charge on any atom is 0.490 e. The number of carboxylic acids is 1. The summed E-state index contributed by atoms with van der Waals surface area (Å²) in [6, 6.07) is 17.5. The number of para-hydroxylation sites is 1. The zero-order valence-electron chi connectivity index (χ0n) is 19.9. The smallest absolute Gasteiger partial charge is 0.475 e. The van der Waals surface area contributed by atoms with Gasteiger partial charge in [0.05, 0.1) is 18.3 Å². The topological polar surface area (TPSA) is 106 Å². The SMILES string of the molecule is O=C(O)C(F)(F)F.O=C(c1cccc(-c2cnco2)c1)N1CCC(F)(F)C(Oc2ccc3ccccc3n2)C1. The van der Waals surface area contributed by atoms with E-state index < -0.39 is 30.6 Å². The van der Waals surface area contributed by atoms with Crippen molar-refractivity contribution in [3.63, 3.8) is 0 Å². The molecular formula is C26H20F5N3O5. The second-order valence-electron chi connectivity index (χ2n) is 8.46. The van der Waals surface area contributed by atoms with Crippen LogP contribution in [-0.2, 0) is 4.79 Å². The molecule has 0 aliphatic carbocycles. The summed E-state index contributed by atoms with van der Waals surface area (Å²) in [5.74, 6) is -5.55. The number of alkyl halides is 5. The Labute approximate surface area is 217 Å². The fourth-order valence-corrected chi connectivity index (χ4v) is 3.78. The summed E-state index contributed by atoms with van der Waals surface area (Å²) in [6.07, 6.45) is -4.21. The second-order valence-corrected chi connectivity index (χ2v) is 8.46. The number of aromatic nitrogens is 2. The third-order valence-electron chi connectivity index (χ3n) is 5.76. The summed E-state index contributed by atoms with van der Waals surface area (Å²) in [6.45, 7) is -0.309. The van der Waals surface area contributed by atoms with E-state index in [9.17, 15) is 26.7 Å². The number of halogens is 5. The molecule has 3 heterocycles. The maximum atomic E-state index is 14.6. The fraction of sp³-hybridized carbons (Fsp3) is 0.231. The predicted octanol–water partition coefficient (Wildman–Crippen LogP) is 5.45. The standard InChI is InChI=1S/C24H19F2N3O3.C2HF3O2/c25-24(26)10-11-29(23(30)18-6-3-5-17(12-18)20-13-27-15-31-20)14-21(24)32-22-9-8-16-4-1-2-7-19(16)28-22;3-2(4,5)1(6)7/h1-9,12-13,15,21H,10-11,14H2;(H,6,7). The van der Waals surface area contributed by atoms with Gasteiger partial charge in [-0.25, -0.2) is 23.5 Å². The number of carbonyl (C=O) groups excluding carboxylic acids is 1. The van der Waals surface area contributed by atoms with Crippen molar-refractivity contribution in [2.45, 2.75) is 24.6 Å². The van der Waals surface area contributed by atoms with E-state index in [1.165, 1.54) is 11.3 Å². The van der Waals surface area contributed by atoms with Crippen LogP contribution >= 0.6 is 0 Å². The molecule has 0 radical (unpaired) electrons. The van der Waals surface area contributed by atoms with Crippen LogP contribution in [0.15, 0.2) is 77.7 Å². The highest BCUT2D eigenvalue weighted by Crippen LogP contribution is 2.32. The number of hydrogen-bond donors (Lipinski definition) is 1. The molecule has 1 saturated heterocycles. The number of nitrogens with zero attached hydrogens (tertiary/aromatic N) is 3. The third-order valence-corrected chi connectivity index (χ3v) is 5.76. The molecule has 4 aromatic rings. The molecule has 2 aromatic heterocycles. The summed E-state index contributed by atoms with van der Waals surface area (Å²) in [5.41, 5.74) is 1.72. The molecule has 0 bridgehead atoms. The Morgan fingerprint density at radius 3 is 2.51 bits per heavy atom. The van der Waals surface area contributed by atoms with Crippen LogP contribution in [0, 0.1) is 0 Å². The van der Waals surface area contributed by atoms with Crippen molar-refractivity contribution in [2.75, 3.05) is 13.1 Å². The Bertz CT molecular complexity index is 1460. The first-order valence-electron chi connectivity index (χ1n) is 11.4. The molecule has 1 aliphatic rings. The summed E-state index contributed by atoms with van der Waals surface area (Å²) < 4.78 is 71.9. The van der Waals surface area contributed by atoms with Crippen molar-refractivity contribution in [1.29, 1.82) is 0 Å². The molecule has 13 heteroatoms. The minimum Gasteiger partial charge on any atom is -0.475 e. The number of pyridine rings is 1. The molecule has 8 nitrogen and oxygen atoms in total. The quantitative estimate of drug-likeness (QED) is 0.338. The number of ether oxygens (including phenoxy) is 1. The highest BCUT2D eigenvalue weighted by molar-refractivity contribution is 5.95. The molecule has 1 amide bonds. The molecule has 39 heavy (non-hydrogen) atoms. The molecule has 204 valence electrons. The van der Waals surface area contributed by atoms with E-state index in [1.807, 2.05) is 18.2 Å². The molecule has 0 saturated carbocycles. The van der Waals surface area contributed by atoms with E-state index in [-0.39, 0.29) is 24.9 Å². The van der Waals surface area contributed by atoms with Gasteiger partial charge in [0.1, 0.15) is 0 Å². The zero-order valence-corrected chi connectivity index (χ0v) is 19.9. The van der Waals surface area contributed by atoms with Gasteiger partial charge in [-0.1, -0.05) is 30.3 Å². The molecule has 1 aliphatic heterocycles. The minimum absolute atomic E-state index is 0.0661. The van der Waals surface area contributed by atoms with Crippen molar-refractivity contribution < 1.29 is 45.8 Å². The van der Waals surface area contributed by atoms with Crippen molar-refractivity contribution in [3.8, 4) is 17.2 Å².